The standard InChI is InChI=1S/C17H18O4/c1-3-4-12-20-17(19)14(2)13-21-16(18)11-10-15-8-6-5-7-9-15/h5-9H,2-4,12-13H2,1H3. The van der Waals surface area contributed by atoms with Crippen LogP contribution in [0.3, 0.4) is 0 Å². The fraction of sp³-hybridized carbons (Fsp3) is 0.294. The molecule has 0 saturated heterocycles. The van der Waals surface area contributed by atoms with Crippen molar-refractivity contribution in [2.24, 2.45) is 0 Å². The van der Waals surface area contributed by atoms with Crippen LogP contribution in [0.25, 0.3) is 0 Å². The molecule has 1 aromatic rings. The quantitative estimate of drug-likeness (QED) is 0.349. The average molecular weight is 286 g/mol. The van der Waals surface area contributed by atoms with Gasteiger partial charge < -0.3 is 9.47 Å². The first-order valence-electron chi connectivity index (χ1n) is 6.72. The summed E-state index contributed by atoms with van der Waals surface area (Å²) in [5.74, 6) is 3.75. The van der Waals surface area contributed by atoms with Crippen molar-refractivity contribution in [2.45, 2.75) is 19.8 Å². The van der Waals surface area contributed by atoms with E-state index in [4.69, 9.17) is 9.47 Å². The number of esters is 2. The maximum atomic E-state index is 11.5. The second-order valence-electron chi connectivity index (χ2n) is 4.29. The van der Waals surface area contributed by atoms with Crippen molar-refractivity contribution < 1.29 is 19.1 Å². The van der Waals surface area contributed by atoms with Gasteiger partial charge >= 0.3 is 11.9 Å². The second-order valence-corrected chi connectivity index (χ2v) is 4.29. The Labute approximate surface area is 124 Å². The van der Waals surface area contributed by atoms with Gasteiger partial charge in [-0.05, 0) is 18.6 Å². The predicted octanol–water partition coefficient (Wildman–Crippen LogP) is 2.48. The van der Waals surface area contributed by atoms with Gasteiger partial charge in [0.1, 0.15) is 6.61 Å². The summed E-state index contributed by atoms with van der Waals surface area (Å²) in [6, 6.07) is 9.07. The molecule has 4 nitrogen and oxygen atoms in total. The Kier molecular flexibility index (Phi) is 7.37. The van der Waals surface area contributed by atoms with Crippen molar-refractivity contribution in [3.8, 4) is 11.8 Å². The molecule has 0 heterocycles. The van der Waals surface area contributed by atoms with Crippen LogP contribution in [0.2, 0.25) is 0 Å². The maximum Gasteiger partial charge on any atom is 0.385 e. The average Bonchev–Trinajstić information content (AvgIpc) is 2.51. The van der Waals surface area contributed by atoms with Crippen molar-refractivity contribution in [3.63, 3.8) is 0 Å². The van der Waals surface area contributed by atoms with Gasteiger partial charge in [-0.15, -0.1) is 0 Å². The summed E-state index contributed by atoms with van der Waals surface area (Å²) in [6.07, 6.45) is 1.73. The number of carbonyl (C=O) groups excluding carboxylic acids is 2. The first kappa shape index (κ1) is 16.5. The van der Waals surface area contributed by atoms with E-state index >= 15 is 0 Å². The van der Waals surface area contributed by atoms with Crippen molar-refractivity contribution in [1.29, 1.82) is 0 Å². The predicted molar refractivity (Wildman–Crippen MR) is 79.3 cm³/mol. The molecular weight excluding hydrogens is 268 g/mol. The van der Waals surface area contributed by atoms with Gasteiger partial charge in [0.05, 0.1) is 12.2 Å². The zero-order valence-electron chi connectivity index (χ0n) is 12.1. The highest BCUT2D eigenvalue weighted by Gasteiger charge is 2.10. The Morgan fingerprint density at radius 2 is 1.90 bits per heavy atom. The fourth-order valence-electron chi connectivity index (χ4n) is 1.30. The van der Waals surface area contributed by atoms with Gasteiger partial charge in [-0.3, -0.25) is 0 Å². The minimum Gasteiger partial charge on any atom is -0.462 e. The summed E-state index contributed by atoms with van der Waals surface area (Å²) in [7, 11) is 0. The van der Waals surface area contributed by atoms with Crippen LogP contribution in [0.4, 0.5) is 0 Å². The highest BCUT2D eigenvalue weighted by Crippen LogP contribution is 1.99. The van der Waals surface area contributed by atoms with E-state index in [0.717, 1.165) is 12.8 Å². The normalized spacial score (nSPS) is 9.19. The molecule has 0 bridgehead atoms. The number of unbranched alkanes of at least 4 members (excludes halogenated alkanes) is 1. The molecule has 0 spiro atoms. The molecule has 0 saturated carbocycles. The lowest BCUT2D eigenvalue weighted by Gasteiger charge is -2.05. The summed E-state index contributed by atoms with van der Waals surface area (Å²) in [5.41, 5.74) is 0.813. The van der Waals surface area contributed by atoms with Crippen LogP contribution in [0.15, 0.2) is 42.5 Å². The lowest BCUT2D eigenvalue weighted by molar-refractivity contribution is -0.141. The maximum absolute atomic E-state index is 11.5. The first-order chi connectivity index (χ1) is 10.1. The zero-order valence-corrected chi connectivity index (χ0v) is 12.1. The fourth-order valence-corrected chi connectivity index (χ4v) is 1.30. The highest BCUT2D eigenvalue weighted by atomic mass is 16.5. The van der Waals surface area contributed by atoms with Crippen LogP contribution in [0, 0.1) is 11.8 Å². The number of ether oxygens (including phenoxy) is 2. The van der Waals surface area contributed by atoms with E-state index in [1.807, 2.05) is 25.1 Å². The van der Waals surface area contributed by atoms with Crippen molar-refractivity contribution in [3.05, 3.63) is 48.0 Å². The van der Waals surface area contributed by atoms with Crippen LogP contribution in [0.5, 0.6) is 0 Å². The van der Waals surface area contributed by atoms with Crippen LogP contribution in [0.1, 0.15) is 25.3 Å². The van der Waals surface area contributed by atoms with Crippen LogP contribution >= 0.6 is 0 Å². The molecule has 1 aromatic carbocycles. The molecular formula is C17H18O4. The molecule has 0 aliphatic heterocycles. The topological polar surface area (TPSA) is 52.6 Å². The van der Waals surface area contributed by atoms with E-state index in [9.17, 15) is 9.59 Å². The monoisotopic (exact) mass is 286 g/mol. The van der Waals surface area contributed by atoms with Gasteiger partial charge in [-0.25, -0.2) is 9.59 Å². The molecule has 0 aliphatic rings. The van der Waals surface area contributed by atoms with E-state index in [-0.39, 0.29) is 12.2 Å². The van der Waals surface area contributed by atoms with Crippen molar-refractivity contribution >= 4 is 11.9 Å². The number of carbonyl (C=O) groups is 2. The summed E-state index contributed by atoms with van der Waals surface area (Å²) in [6.45, 7) is 5.65. The van der Waals surface area contributed by atoms with Gasteiger partial charge in [-0.2, -0.15) is 0 Å². The smallest absolute Gasteiger partial charge is 0.385 e. The minimum atomic E-state index is -0.707. The molecule has 0 N–H and O–H groups in total. The van der Waals surface area contributed by atoms with E-state index in [2.05, 4.69) is 18.4 Å². The molecule has 0 aromatic heterocycles. The number of benzene rings is 1. The summed E-state index contributed by atoms with van der Waals surface area (Å²) in [5, 5.41) is 0. The molecule has 4 heteroatoms. The molecule has 110 valence electrons. The van der Waals surface area contributed by atoms with Gasteiger partial charge in [0.15, 0.2) is 0 Å². The van der Waals surface area contributed by atoms with Gasteiger partial charge in [0.2, 0.25) is 0 Å². The van der Waals surface area contributed by atoms with Crippen LogP contribution in [-0.4, -0.2) is 25.2 Å². The van der Waals surface area contributed by atoms with Crippen LogP contribution < -0.4 is 0 Å². The zero-order chi connectivity index (χ0) is 15.5. The molecule has 0 radical (unpaired) electrons. The van der Waals surface area contributed by atoms with Crippen molar-refractivity contribution in [1.82, 2.24) is 0 Å². The number of hydrogen-bond donors (Lipinski definition) is 0. The Balaban J connectivity index is 2.34. The first-order valence-corrected chi connectivity index (χ1v) is 6.72. The Morgan fingerprint density at radius 1 is 1.19 bits per heavy atom. The van der Waals surface area contributed by atoms with Crippen LogP contribution in [-0.2, 0) is 19.1 Å². The Morgan fingerprint density at radius 3 is 2.57 bits per heavy atom. The summed E-state index contributed by atoms with van der Waals surface area (Å²) < 4.78 is 9.78. The Bertz CT molecular complexity index is 549. The number of hydrogen-bond acceptors (Lipinski definition) is 4. The molecule has 0 aliphatic carbocycles. The Hall–Kier alpha value is -2.54. The van der Waals surface area contributed by atoms with Gasteiger partial charge in [0, 0.05) is 11.5 Å². The van der Waals surface area contributed by atoms with E-state index in [1.54, 1.807) is 12.1 Å². The SMILES string of the molecule is C=C(COC(=O)C#Cc1ccccc1)C(=O)OCCCC. The molecule has 1 rings (SSSR count). The lowest BCUT2D eigenvalue weighted by atomic mass is 10.2. The third-order valence-corrected chi connectivity index (χ3v) is 2.48. The largest absolute Gasteiger partial charge is 0.462 e. The lowest BCUT2D eigenvalue weighted by Crippen LogP contribution is -2.14. The molecule has 0 atom stereocenters. The molecule has 0 unspecified atom stereocenters. The van der Waals surface area contributed by atoms with E-state index in [0.29, 0.717) is 12.2 Å². The third kappa shape index (κ3) is 6.98. The second kappa shape index (κ2) is 9.38. The molecule has 0 amide bonds. The number of rotatable bonds is 6. The van der Waals surface area contributed by atoms with E-state index < -0.39 is 11.9 Å². The third-order valence-electron chi connectivity index (χ3n) is 2.48. The van der Waals surface area contributed by atoms with Crippen molar-refractivity contribution in [2.75, 3.05) is 13.2 Å². The molecule has 0 fully saturated rings. The summed E-state index contributed by atoms with van der Waals surface area (Å²) >= 11 is 0. The highest BCUT2D eigenvalue weighted by molar-refractivity contribution is 5.91. The minimum absolute atomic E-state index is 0.0981. The molecule has 21 heavy (non-hydrogen) atoms. The van der Waals surface area contributed by atoms with Gasteiger partial charge in [-0.1, -0.05) is 44.0 Å². The van der Waals surface area contributed by atoms with E-state index in [1.165, 1.54) is 0 Å². The summed E-state index contributed by atoms with van der Waals surface area (Å²) in [4.78, 5) is 22.9. The van der Waals surface area contributed by atoms with Gasteiger partial charge in [0.25, 0.3) is 0 Å².